The number of aromatic hydroxyl groups is 3. The summed E-state index contributed by atoms with van der Waals surface area (Å²) in [6, 6.07) is 34.2. The molecular formula is C68H69NO10. The van der Waals surface area contributed by atoms with E-state index in [9.17, 15) is 25.2 Å². The number of hydrogen-bond donors (Lipinski definition) is 5. The third-order valence-electron chi connectivity index (χ3n) is 19.7. The van der Waals surface area contributed by atoms with Crippen molar-refractivity contribution in [3.8, 4) is 51.7 Å². The number of phenolic OH excluding ortho intramolecular Hbond substituents is 3. The number of benzene rings is 6. The van der Waals surface area contributed by atoms with E-state index < -0.39 is 35.1 Å². The van der Waals surface area contributed by atoms with Crippen molar-refractivity contribution in [2.24, 2.45) is 29.1 Å². The van der Waals surface area contributed by atoms with Crippen molar-refractivity contribution in [3.63, 3.8) is 0 Å². The highest BCUT2D eigenvalue weighted by Crippen LogP contribution is 2.72. The van der Waals surface area contributed by atoms with Crippen molar-refractivity contribution in [1.82, 2.24) is 5.32 Å². The van der Waals surface area contributed by atoms with Crippen LogP contribution in [0.5, 0.6) is 28.7 Å². The van der Waals surface area contributed by atoms with Crippen LogP contribution in [0.1, 0.15) is 121 Å². The van der Waals surface area contributed by atoms with Gasteiger partial charge in [-0.05, 0) is 196 Å². The molecule has 0 spiro atoms. The van der Waals surface area contributed by atoms with E-state index in [1.165, 1.54) is 18.1 Å². The maximum Gasteiger partial charge on any atom is 0.316 e. The Morgan fingerprint density at radius 3 is 2.46 bits per heavy atom. The van der Waals surface area contributed by atoms with Gasteiger partial charge in [-0.3, -0.25) is 9.59 Å². The Bertz CT molecular complexity index is 3540. The van der Waals surface area contributed by atoms with E-state index in [1.54, 1.807) is 26.4 Å². The van der Waals surface area contributed by atoms with Crippen LogP contribution in [0, 0.1) is 40.9 Å². The fraction of sp³-hybridized carbons (Fsp3) is 0.412. The lowest BCUT2D eigenvalue weighted by atomic mass is 9.38. The van der Waals surface area contributed by atoms with Crippen molar-refractivity contribution in [2.75, 3.05) is 20.8 Å². The molecule has 6 aromatic rings. The molecule has 7 aliphatic rings. The highest BCUT2D eigenvalue weighted by atomic mass is 16.6. The Labute approximate surface area is 462 Å². The summed E-state index contributed by atoms with van der Waals surface area (Å²) in [6.45, 7) is 2.85. The monoisotopic (exact) mass is 1060 g/mol. The standard InChI is InChI=1S/C68H69NO10/c1-38(70)78-62-32-50(79-66(75)67-20-9-12-39(36-67)10-6-7-21-69-37-40-11-8-15-43(22-40)52-30-49(71)24-44-17-18-47(67)29-51(44)52)31-55-53-34-64(77-3)60(73)27-45(53)25-56-59(72)35-57-54-33-61(74)63(76-2)28-46(54)26-58(62)68(57,65(55)56)48-19-16-41-13-4-5-14-42(41)23-48/h4-5,8,11,13-15,17-18,22-24,27-30,33-34,39,50,55-59,62,65,69,71-74H,7,9,12,16,19-21,25-26,31-32,35-37H2,1-3H3/t39-,50+,55-,56-,57+,58-,59-,62-,65+,67+,68-/m1/s1. The number of aliphatic hydroxyl groups excluding tert-OH is 1. The number of phenols is 3. The average molecular weight is 1060 g/mol. The summed E-state index contributed by atoms with van der Waals surface area (Å²) in [6.07, 6.45) is 6.75. The number of nitrogens with one attached hydrogen (secondary N) is 1. The van der Waals surface area contributed by atoms with E-state index in [-0.39, 0.29) is 65.1 Å². The van der Waals surface area contributed by atoms with Gasteiger partial charge in [0.2, 0.25) is 0 Å². The number of carbonyl (C=O) groups excluding carboxylic acids is 2. The van der Waals surface area contributed by atoms with Gasteiger partial charge in [0.1, 0.15) is 18.0 Å². The normalized spacial score (nSPS) is 29.3. The maximum atomic E-state index is 16.3. The Morgan fingerprint density at radius 1 is 0.785 bits per heavy atom. The zero-order chi connectivity index (χ0) is 54.3. The van der Waals surface area contributed by atoms with Crippen molar-refractivity contribution >= 4 is 28.8 Å². The molecule has 406 valence electrons. The molecule has 0 saturated heterocycles. The molecule has 13 rings (SSSR count). The van der Waals surface area contributed by atoms with Gasteiger partial charge in [-0.15, -0.1) is 5.92 Å². The molecule has 1 aliphatic heterocycles. The Balaban J connectivity index is 1.01. The minimum atomic E-state index is -1.11. The fourth-order valence-electron chi connectivity index (χ4n) is 16.6. The average Bonchev–Trinajstić information content (AvgIpc) is 2.39. The summed E-state index contributed by atoms with van der Waals surface area (Å²) >= 11 is 0. The summed E-state index contributed by atoms with van der Waals surface area (Å²) < 4.78 is 25.8. The molecule has 6 aliphatic carbocycles. The molecule has 3 fully saturated rings. The number of hydrogen-bond acceptors (Lipinski definition) is 11. The van der Waals surface area contributed by atoms with Crippen LogP contribution in [-0.2, 0) is 50.3 Å². The predicted octanol–water partition coefficient (Wildman–Crippen LogP) is 11.5. The Morgan fingerprint density at radius 2 is 1.61 bits per heavy atom. The molecule has 0 unspecified atom stereocenters. The molecule has 0 radical (unpaired) electrons. The number of esters is 2. The first-order valence-electron chi connectivity index (χ1n) is 28.6. The van der Waals surface area contributed by atoms with Gasteiger partial charge < -0.3 is 44.7 Å². The fourth-order valence-corrected chi connectivity index (χ4v) is 16.6. The van der Waals surface area contributed by atoms with Crippen molar-refractivity contribution in [3.05, 3.63) is 153 Å². The molecule has 79 heavy (non-hydrogen) atoms. The molecule has 11 heteroatoms. The van der Waals surface area contributed by atoms with Gasteiger partial charge in [0.15, 0.2) is 23.0 Å². The van der Waals surface area contributed by atoms with E-state index in [1.807, 2.05) is 42.5 Å². The summed E-state index contributed by atoms with van der Waals surface area (Å²) in [5.41, 5.74) is 9.37. The highest BCUT2D eigenvalue weighted by molar-refractivity contribution is 5.99. The minimum Gasteiger partial charge on any atom is -0.508 e. The van der Waals surface area contributed by atoms with E-state index >= 15 is 4.79 Å². The lowest BCUT2D eigenvalue weighted by Crippen LogP contribution is -2.64. The number of rotatable bonds is 6. The van der Waals surface area contributed by atoms with Crippen molar-refractivity contribution in [1.29, 1.82) is 0 Å². The lowest BCUT2D eigenvalue weighted by Gasteiger charge is -2.66. The van der Waals surface area contributed by atoms with Crippen LogP contribution in [0.3, 0.4) is 0 Å². The molecule has 6 aromatic carbocycles. The number of ether oxygens (including phenoxy) is 4. The number of methoxy groups -OCH3 is 2. The zero-order valence-corrected chi connectivity index (χ0v) is 45.2. The predicted molar refractivity (Wildman–Crippen MR) is 302 cm³/mol. The van der Waals surface area contributed by atoms with Crippen LogP contribution in [0.15, 0.2) is 109 Å². The second-order valence-corrected chi connectivity index (χ2v) is 23.8. The van der Waals surface area contributed by atoms with Gasteiger partial charge in [-0.1, -0.05) is 78.6 Å². The summed E-state index contributed by atoms with van der Waals surface area (Å²) in [7, 11) is 3.11. The number of carbonyl (C=O) groups is 2. The van der Waals surface area contributed by atoms with E-state index in [2.05, 4.69) is 71.8 Å². The number of aliphatic hydroxyl groups is 1. The molecule has 6 bridgehead atoms. The van der Waals surface area contributed by atoms with Gasteiger partial charge >= 0.3 is 11.9 Å². The van der Waals surface area contributed by atoms with Gasteiger partial charge in [0, 0.05) is 50.1 Å². The minimum absolute atomic E-state index is 0.0219. The molecule has 5 N–H and O–H groups in total. The Kier molecular flexibility index (Phi) is 13.0. The topological polar surface area (TPSA) is 164 Å². The van der Waals surface area contributed by atoms with Gasteiger partial charge in [-0.2, -0.15) is 0 Å². The smallest absolute Gasteiger partial charge is 0.316 e. The molecular weight excluding hydrogens is 991 g/mol. The number of allylic oxidation sites excluding steroid dienone is 1. The number of aryl methyl sites for hydroxylation is 1. The van der Waals surface area contributed by atoms with E-state index in [0.29, 0.717) is 69.5 Å². The second kappa shape index (κ2) is 20.1. The van der Waals surface area contributed by atoms with Crippen LogP contribution >= 0.6 is 0 Å². The third kappa shape index (κ3) is 8.64. The quantitative estimate of drug-likeness (QED) is 0.0797. The SMILES string of the molecule is COc1cc2c(cc1O)[C@@H]1C[C@@H](O)[C@H]3Cc4cc(O)c(OC)cc4[C@H]4C[C@H](OC(=O)[C@]56CCC[C@@H](C#CCCNCc7cccc(c7)-c7cc(O)cc8ccc5cc78)C6)C[C@@H](OC(C)=O)[C@@H](C2)[C@]1(C1=Cc2ccccc2CC1)[C@H]34. The van der Waals surface area contributed by atoms with Crippen LogP contribution in [0.25, 0.3) is 28.0 Å². The summed E-state index contributed by atoms with van der Waals surface area (Å²) in [5.74, 6) is 5.47. The molecule has 0 aromatic heterocycles. The zero-order valence-electron chi connectivity index (χ0n) is 45.2. The summed E-state index contributed by atoms with van der Waals surface area (Å²) in [4.78, 5) is 30.2. The van der Waals surface area contributed by atoms with Crippen LogP contribution in [-0.4, -0.2) is 71.4 Å². The van der Waals surface area contributed by atoms with E-state index in [0.717, 1.165) is 86.5 Å². The van der Waals surface area contributed by atoms with Crippen molar-refractivity contribution in [2.45, 2.75) is 126 Å². The highest BCUT2D eigenvalue weighted by Gasteiger charge is 2.67. The molecule has 11 nitrogen and oxygen atoms in total. The first-order valence-corrected chi connectivity index (χ1v) is 28.6. The van der Waals surface area contributed by atoms with Gasteiger partial charge in [0.25, 0.3) is 0 Å². The Hall–Kier alpha value is -7.26. The molecule has 3 saturated carbocycles. The molecule has 11 atom stereocenters. The number of fused-ring (bicyclic) bond motifs is 12. The molecule has 1 heterocycles. The van der Waals surface area contributed by atoms with Crippen LogP contribution < -0.4 is 14.8 Å². The van der Waals surface area contributed by atoms with E-state index in [4.69, 9.17) is 18.9 Å². The molecule has 0 amide bonds. The summed E-state index contributed by atoms with van der Waals surface area (Å²) in [5, 5.41) is 52.6. The first kappa shape index (κ1) is 51.2. The second-order valence-electron chi connectivity index (χ2n) is 23.8. The first-order chi connectivity index (χ1) is 38.3. The van der Waals surface area contributed by atoms with Crippen molar-refractivity contribution < 1.29 is 49.0 Å². The van der Waals surface area contributed by atoms with Gasteiger partial charge in [-0.25, -0.2) is 0 Å². The lowest BCUT2D eigenvalue weighted by molar-refractivity contribution is -0.181. The maximum absolute atomic E-state index is 16.3. The van der Waals surface area contributed by atoms with Crippen LogP contribution in [0.4, 0.5) is 0 Å². The van der Waals surface area contributed by atoms with Crippen LogP contribution in [0.2, 0.25) is 0 Å². The van der Waals surface area contributed by atoms with Gasteiger partial charge in [0.05, 0.1) is 25.7 Å². The largest absolute Gasteiger partial charge is 0.508 e. The third-order valence-corrected chi connectivity index (χ3v) is 19.7.